The summed E-state index contributed by atoms with van der Waals surface area (Å²) in [5, 5.41) is 0.410. The van der Waals surface area contributed by atoms with Crippen LogP contribution in [0, 0.1) is 0 Å². The SMILES string of the molecule is CC(C)c1cnc(S[C@@H](C(N)=O)c2ccccc2)n1C(C)C. The summed E-state index contributed by atoms with van der Waals surface area (Å²) in [7, 11) is 0. The van der Waals surface area contributed by atoms with Crippen LogP contribution in [0.25, 0.3) is 0 Å². The van der Waals surface area contributed by atoms with E-state index < -0.39 is 5.25 Å². The van der Waals surface area contributed by atoms with E-state index in [0.29, 0.717) is 5.92 Å². The molecule has 4 nitrogen and oxygen atoms in total. The summed E-state index contributed by atoms with van der Waals surface area (Å²) in [6.07, 6.45) is 1.90. The zero-order valence-electron chi connectivity index (χ0n) is 13.5. The van der Waals surface area contributed by atoms with Crippen LogP contribution in [0.15, 0.2) is 41.7 Å². The summed E-state index contributed by atoms with van der Waals surface area (Å²) in [4.78, 5) is 16.4. The number of thioether (sulfide) groups is 1. The number of hydrogen-bond donors (Lipinski definition) is 1. The van der Waals surface area contributed by atoms with E-state index in [9.17, 15) is 4.79 Å². The lowest BCUT2D eigenvalue weighted by Gasteiger charge is -2.19. The van der Waals surface area contributed by atoms with E-state index in [1.807, 2.05) is 36.5 Å². The predicted molar refractivity (Wildman–Crippen MR) is 90.9 cm³/mol. The van der Waals surface area contributed by atoms with Crippen LogP contribution in [0.1, 0.15) is 56.2 Å². The van der Waals surface area contributed by atoms with Crippen LogP contribution in [0.3, 0.4) is 0 Å². The molecule has 0 unspecified atom stereocenters. The van der Waals surface area contributed by atoms with Crippen molar-refractivity contribution >= 4 is 17.7 Å². The third kappa shape index (κ3) is 3.53. The predicted octanol–water partition coefficient (Wildman–Crippen LogP) is 3.91. The number of hydrogen-bond acceptors (Lipinski definition) is 3. The van der Waals surface area contributed by atoms with Crippen molar-refractivity contribution < 1.29 is 4.79 Å². The number of nitrogens with two attached hydrogens (primary N) is 1. The largest absolute Gasteiger partial charge is 0.368 e. The molecule has 2 rings (SSSR count). The van der Waals surface area contributed by atoms with E-state index in [4.69, 9.17) is 5.73 Å². The Hall–Kier alpha value is -1.75. The molecule has 1 amide bonds. The highest BCUT2D eigenvalue weighted by molar-refractivity contribution is 8.00. The van der Waals surface area contributed by atoms with E-state index >= 15 is 0 Å². The molecule has 0 spiro atoms. The normalized spacial score (nSPS) is 12.8. The van der Waals surface area contributed by atoms with Crippen molar-refractivity contribution in [1.82, 2.24) is 9.55 Å². The number of imidazole rings is 1. The molecular weight excluding hydrogens is 294 g/mol. The van der Waals surface area contributed by atoms with Crippen LogP contribution < -0.4 is 5.73 Å². The fourth-order valence-corrected chi connectivity index (χ4v) is 3.58. The van der Waals surface area contributed by atoms with Gasteiger partial charge in [0.2, 0.25) is 5.91 Å². The van der Waals surface area contributed by atoms with Gasteiger partial charge in [0, 0.05) is 17.9 Å². The third-order valence-electron chi connectivity index (χ3n) is 3.48. The average Bonchev–Trinajstić information content (AvgIpc) is 2.89. The zero-order valence-corrected chi connectivity index (χ0v) is 14.3. The minimum absolute atomic E-state index is 0.284. The first-order valence-corrected chi connectivity index (χ1v) is 8.37. The first kappa shape index (κ1) is 16.6. The first-order valence-electron chi connectivity index (χ1n) is 7.49. The monoisotopic (exact) mass is 317 g/mol. The molecule has 0 aliphatic heterocycles. The van der Waals surface area contributed by atoms with Gasteiger partial charge in [0.15, 0.2) is 5.16 Å². The third-order valence-corrected chi connectivity index (χ3v) is 4.74. The lowest BCUT2D eigenvalue weighted by atomic mass is 10.1. The number of benzene rings is 1. The van der Waals surface area contributed by atoms with Gasteiger partial charge in [-0.05, 0) is 25.3 Å². The van der Waals surface area contributed by atoms with Gasteiger partial charge in [0.05, 0.1) is 0 Å². The summed E-state index contributed by atoms with van der Waals surface area (Å²) in [6.45, 7) is 8.54. The lowest BCUT2D eigenvalue weighted by molar-refractivity contribution is -0.117. The van der Waals surface area contributed by atoms with E-state index in [1.165, 1.54) is 17.5 Å². The van der Waals surface area contributed by atoms with Crippen molar-refractivity contribution in [2.24, 2.45) is 5.73 Å². The molecule has 0 radical (unpaired) electrons. The highest BCUT2D eigenvalue weighted by atomic mass is 32.2. The zero-order chi connectivity index (χ0) is 16.3. The molecule has 118 valence electrons. The second-order valence-electron chi connectivity index (χ2n) is 5.90. The fraction of sp³-hybridized carbons (Fsp3) is 0.412. The van der Waals surface area contributed by atoms with Crippen LogP contribution in [0.2, 0.25) is 0 Å². The molecule has 5 heteroatoms. The maximum atomic E-state index is 11.9. The van der Waals surface area contributed by atoms with Crippen LogP contribution in [0.4, 0.5) is 0 Å². The number of carbonyl (C=O) groups excluding carboxylic acids is 1. The quantitative estimate of drug-likeness (QED) is 0.822. The molecule has 0 aliphatic carbocycles. The number of aromatic nitrogens is 2. The fourth-order valence-electron chi connectivity index (χ4n) is 2.41. The molecule has 0 bridgehead atoms. The first-order chi connectivity index (χ1) is 10.4. The number of rotatable bonds is 6. The Morgan fingerprint density at radius 1 is 1.18 bits per heavy atom. The van der Waals surface area contributed by atoms with Crippen molar-refractivity contribution in [3.63, 3.8) is 0 Å². The molecule has 0 fully saturated rings. The summed E-state index contributed by atoms with van der Waals surface area (Å²) < 4.78 is 2.19. The topological polar surface area (TPSA) is 60.9 Å². The van der Waals surface area contributed by atoms with Crippen LogP contribution in [0.5, 0.6) is 0 Å². The van der Waals surface area contributed by atoms with Gasteiger partial charge in [0.25, 0.3) is 0 Å². The molecule has 0 aliphatic rings. The Kier molecular flexibility index (Phi) is 5.29. The highest BCUT2D eigenvalue weighted by Gasteiger charge is 2.24. The van der Waals surface area contributed by atoms with Crippen LogP contribution in [-0.2, 0) is 4.79 Å². The maximum absolute atomic E-state index is 11.9. The van der Waals surface area contributed by atoms with Crippen LogP contribution >= 0.6 is 11.8 Å². The van der Waals surface area contributed by atoms with Gasteiger partial charge in [-0.25, -0.2) is 4.98 Å². The molecule has 1 aromatic carbocycles. The Balaban J connectivity index is 2.38. The minimum Gasteiger partial charge on any atom is -0.368 e. The van der Waals surface area contributed by atoms with E-state index in [-0.39, 0.29) is 11.9 Å². The van der Waals surface area contributed by atoms with Gasteiger partial charge in [-0.3, -0.25) is 4.79 Å². The van der Waals surface area contributed by atoms with Crippen molar-refractivity contribution in [3.05, 3.63) is 47.8 Å². The molecule has 1 aromatic heterocycles. The molecule has 2 aromatic rings. The van der Waals surface area contributed by atoms with Gasteiger partial charge < -0.3 is 10.3 Å². The summed E-state index contributed by atoms with van der Waals surface area (Å²) in [6, 6.07) is 9.90. The molecule has 0 saturated heterocycles. The summed E-state index contributed by atoms with van der Waals surface area (Å²) in [5.41, 5.74) is 7.69. The second kappa shape index (κ2) is 7.01. The number of primary amides is 1. The number of carbonyl (C=O) groups is 1. The van der Waals surface area contributed by atoms with Gasteiger partial charge in [-0.15, -0.1) is 0 Å². The maximum Gasteiger partial charge on any atom is 0.235 e. The molecule has 1 atom stereocenters. The van der Waals surface area contributed by atoms with Crippen molar-refractivity contribution in [2.75, 3.05) is 0 Å². The Labute approximate surface area is 136 Å². The lowest BCUT2D eigenvalue weighted by Crippen LogP contribution is -2.20. The van der Waals surface area contributed by atoms with Crippen molar-refractivity contribution in [2.45, 2.75) is 50.1 Å². The van der Waals surface area contributed by atoms with Gasteiger partial charge >= 0.3 is 0 Å². The molecule has 1 heterocycles. The summed E-state index contributed by atoms with van der Waals surface area (Å²) in [5.74, 6) is 0.0357. The van der Waals surface area contributed by atoms with Gasteiger partial charge in [-0.2, -0.15) is 0 Å². The number of nitrogens with zero attached hydrogens (tertiary/aromatic N) is 2. The van der Waals surface area contributed by atoms with Gasteiger partial charge in [0.1, 0.15) is 5.25 Å². The van der Waals surface area contributed by atoms with Gasteiger partial charge in [-0.1, -0.05) is 55.9 Å². The standard InChI is InChI=1S/C17H23N3OS/c1-11(2)14-10-19-17(20(14)12(3)4)22-15(16(18)21)13-8-6-5-7-9-13/h5-12,15H,1-4H3,(H2,18,21)/t15-/m1/s1. The average molecular weight is 317 g/mol. The van der Waals surface area contributed by atoms with Crippen molar-refractivity contribution in [3.8, 4) is 0 Å². The highest BCUT2D eigenvalue weighted by Crippen LogP contribution is 2.37. The smallest absolute Gasteiger partial charge is 0.235 e. The van der Waals surface area contributed by atoms with E-state index in [0.717, 1.165) is 10.7 Å². The molecule has 0 saturated carbocycles. The second-order valence-corrected chi connectivity index (χ2v) is 6.97. The van der Waals surface area contributed by atoms with Crippen LogP contribution in [-0.4, -0.2) is 15.5 Å². The Morgan fingerprint density at radius 2 is 1.82 bits per heavy atom. The minimum atomic E-state index is -0.430. The Morgan fingerprint density at radius 3 is 2.32 bits per heavy atom. The molecular formula is C17H23N3OS. The number of amides is 1. The van der Waals surface area contributed by atoms with E-state index in [2.05, 4.69) is 37.2 Å². The van der Waals surface area contributed by atoms with E-state index in [1.54, 1.807) is 0 Å². The Bertz CT molecular complexity index is 635. The molecule has 22 heavy (non-hydrogen) atoms. The van der Waals surface area contributed by atoms with Crippen molar-refractivity contribution in [1.29, 1.82) is 0 Å². The summed E-state index contributed by atoms with van der Waals surface area (Å²) >= 11 is 1.42. The molecule has 2 N–H and O–H groups in total.